The Morgan fingerprint density at radius 1 is 1.32 bits per heavy atom. The van der Waals surface area contributed by atoms with E-state index in [9.17, 15) is 18.3 Å². The van der Waals surface area contributed by atoms with Gasteiger partial charge in [-0.05, 0) is 42.5 Å². The first kappa shape index (κ1) is 14.8. The van der Waals surface area contributed by atoms with Gasteiger partial charge in [-0.25, -0.2) is 0 Å². The molecular formula is C16H17ClF3NO. The number of alkyl halides is 3. The third-order valence-electron chi connectivity index (χ3n) is 5.95. The number of fused-ring (bicyclic) bond motifs is 2. The molecule has 22 heavy (non-hydrogen) atoms. The van der Waals surface area contributed by atoms with E-state index in [-0.39, 0.29) is 25.6 Å². The van der Waals surface area contributed by atoms with Gasteiger partial charge in [0.05, 0.1) is 12.0 Å². The van der Waals surface area contributed by atoms with Gasteiger partial charge in [0, 0.05) is 29.6 Å². The number of likely N-dealkylation sites (tertiary alicyclic amines) is 1. The van der Waals surface area contributed by atoms with Crippen molar-refractivity contribution in [2.75, 3.05) is 19.7 Å². The van der Waals surface area contributed by atoms with Crippen LogP contribution in [0.15, 0.2) is 18.2 Å². The Balaban J connectivity index is 1.63. The molecule has 6 heteroatoms. The average Bonchev–Trinajstić information content (AvgIpc) is 2.80. The van der Waals surface area contributed by atoms with Crippen LogP contribution < -0.4 is 0 Å². The number of hydrogen-bond donors (Lipinski definition) is 1. The van der Waals surface area contributed by atoms with Gasteiger partial charge in [-0.15, -0.1) is 0 Å². The second kappa shape index (κ2) is 4.40. The highest BCUT2D eigenvalue weighted by molar-refractivity contribution is 6.30. The Bertz CT molecular complexity index is 634. The predicted molar refractivity (Wildman–Crippen MR) is 76.7 cm³/mol. The van der Waals surface area contributed by atoms with E-state index in [1.54, 1.807) is 6.07 Å². The van der Waals surface area contributed by atoms with Crippen molar-refractivity contribution in [2.45, 2.75) is 31.5 Å². The summed E-state index contributed by atoms with van der Waals surface area (Å²) in [4.78, 5) is 1.92. The van der Waals surface area contributed by atoms with E-state index in [0.29, 0.717) is 11.6 Å². The number of rotatable bonds is 2. The molecule has 3 atom stereocenters. The second-order valence-corrected chi connectivity index (χ2v) is 7.43. The molecule has 2 nitrogen and oxygen atoms in total. The Labute approximate surface area is 131 Å². The molecule has 4 rings (SSSR count). The second-order valence-electron chi connectivity index (χ2n) is 7.00. The normalized spacial score (nSPS) is 37.2. The molecule has 0 aromatic heterocycles. The van der Waals surface area contributed by atoms with E-state index in [0.717, 1.165) is 24.0 Å². The molecule has 1 unspecified atom stereocenters. The highest BCUT2D eigenvalue weighted by Gasteiger charge is 2.83. The molecule has 3 aliphatic rings. The van der Waals surface area contributed by atoms with Crippen molar-refractivity contribution in [3.63, 3.8) is 0 Å². The minimum atomic E-state index is -4.24. The molecule has 1 saturated heterocycles. The molecule has 2 fully saturated rings. The van der Waals surface area contributed by atoms with Crippen molar-refractivity contribution in [2.24, 2.45) is 10.8 Å². The lowest BCUT2D eigenvalue weighted by atomic mass is 9.97. The molecule has 1 N–H and O–H groups in total. The summed E-state index contributed by atoms with van der Waals surface area (Å²) >= 11 is 5.99. The summed E-state index contributed by atoms with van der Waals surface area (Å²) in [6.45, 7) is -0.0528. The van der Waals surface area contributed by atoms with Crippen molar-refractivity contribution in [3.05, 3.63) is 34.3 Å². The van der Waals surface area contributed by atoms with Gasteiger partial charge >= 0.3 is 6.18 Å². The van der Waals surface area contributed by atoms with E-state index in [4.69, 9.17) is 11.6 Å². The van der Waals surface area contributed by atoms with Crippen LogP contribution in [0.1, 0.15) is 30.0 Å². The average molecular weight is 332 g/mol. The Hall–Kier alpha value is -0.780. The topological polar surface area (TPSA) is 23.5 Å². The SMILES string of the molecule is OC[C@@]12CN(C3CCc4cc(Cl)ccc43)C[C@]1(C(F)(F)F)C2. The molecule has 0 radical (unpaired) electrons. The Kier molecular flexibility index (Phi) is 2.96. The van der Waals surface area contributed by atoms with Crippen LogP contribution in [0.2, 0.25) is 5.02 Å². The van der Waals surface area contributed by atoms with Gasteiger partial charge in [-0.1, -0.05) is 17.7 Å². The summed E-state index contributed by atoms with van der Waals surface area (Å²) in [6.07, 6.45) is -2.50. The van der Waals surface area contributed by atoms with Crippen LogP contribution in [0.5, 0.6) is 0 Å². The van der Waals surface area contributed by atoms with E-state index >= 15 is 0 Å². The summed E-state index contributed by atoms with van der Waals surface area (Å²) in [6, 6.07) is 5.67. The number of aliphatic hydroxyl groups excluding tert-OH is 1. The highest BCUT2D eigenvalue weighted by Crippen LogP contribution is 2.75. The number of benzene rings is 1. The number of aryl methyl sites for hydroxylation is 1. The number of nitrogens with zero attached hydrogens (tertiary/aromatic N) is 1. The summed E-state index contributed by atoms with van der Waals surface area (Å²) < 4.78 is 40.4. The minimum absolute atomic E-state index is 0.00376. The predicted octanol–water partition coefficient (Wildman–Crippen LogP) is 3.57. The van der Waals surface area contributed by atoms with E-state index in [1.807, 2.05) is 17.0 Å². The first-order valence-electron chi connectivity index (χ1n) is 7.52. The minimum Gasteiger partial charge on any atom is -0.396 e. The van der Waals surface area contributed by atoms with Crippen molar-refractivity contribution < 1.29 is 18.3 Å². The summed E-state index contributed by atoms with van der Waals surface area (Å²) in [7, 11) is 0. The fourth-order valence-electron chi connectivity index (χ4n) is 4.67. The van der Waals surface area contributed by atoms with Gasteiger partial charge in [0.15, 0.2) is 0 Å². The summed E-state index contributed by atoms with van der Waals surface area (Å²) in [5.74, 6) is 0. The molecule has 1 aliphatic heterocycles. The highest BCUT2D eigenvalue weighted by atomic mass is 35.5. The first-order chi connectivity index (χ1) is 10.3. The summed E-state index contributed by atoms with van der Waals surface area (Å²) in [5, 5.41) is 10.2. The van der Waals surface area contributed by atoms with Crippen LogP contribution in [0.25, 0.3) is 0 Å². The molecule has 0 spiro atoms. The zero-order valence-electron chi connectivity index (χ0n) is 12.0. The molecule has 120 valence electrons. The maximum absolute atomic E-state index is 13.5. The molecule has 0 amide bonds. The smallest absolute Gasteiger partial charge is 0.396 e. The van der Waals surface area contributed by atoms with Gasteiger partial charge in [0.1, 0.15) is 0 Å². The molecule has 0 bridgehead atoms. The quantitative estimate of drug-likeness (QED) is 0.895. The lowest BCUT2D eigenvalue weighted by molar-refractivity contribution is -0.195. The van der Waals surface area contributed by atoms with Gasteiger partial charge in [0.25, 0.3) is 0 Å². The van der Waals surface area contributed by atoms with Crippen molar-refractivity contribution in [1.82, 2.24) is 4.90 Å². The van der Waals surface area contributed by atoms with E-state index in [1.165, 1.54) is 0 Å². The molecule has 1 aromatic rings. The fraction of sp³-hybridized carbons (Fsp3) is 0.625. The molecular weight excluding hydrogens is 315 g/mol. The van der Waals surface area contributed by atoms with E-state index < -0.39 is 17.0 Å². The molecule has 2 aliphatic carbocycles. The number of hydrogen-bond acceptors (Lipinski definition) is 2. The van der Waals surface area contributed by atoms with Gasteiger partial charge in [-0.2, -0.15) is 13.2 Å². The number of halogens is 4. The third-order valence-corrected chi connectivity index (χ3v) is 6.18. The van der Waals surface area contributed by atoms with Crippen LogP contribution in [0.3, 0.4) is 0 Å². The zero-order chi connectivity index (χ0) is 15.8. The number of aliphatic hydroxyl groups is 1. The molecule has 1 saturated carbocycles. The van der Waals surface area contributed by atoms with Crippen molar-refractivity contribution in [3.8, 4) is 0 Å². The maximum Gasteiger partial charge on any atom is 0.396 e. The van der Waals surface area contributed by atoms with Gasteiger partial charge < -0.3 is 5.11 Å². The van der Waals surface area contributed by atoms with Crippen LogP contribution in [-0.4, -0.2) is 35.9 Å². The summed E-state index contributed by atoms with van der Waals surface area (Å²) in [5.41, 5.74) is -0.460. The molecule has 1 aromatic carbocycles. The monoisotopic (exact) mass is 331 g/mol. The Morgan fingerprint density at radius 2 is 2.09 bits per heavy atom. The van der Waals surface area contributed by atoms with Crippen molar-refractivity contribution >= 4 is 11.6 Å². The van der Waals surface area contributed by atoms with Gasteiger partial charge in [0.2, 0.25) is 0 Å². The van der Waals surface area contributed by atoms with E-state index in [2.05, 4.69) is 0 Å². The van der Waals surface area contributed by atoms with Crippen molar-refractivity contribution in [1.29, 1.82) is 0 Å². The van der Waals surface area contributed by atoms with Crippen LogP contribution >= 0.6 is 11.6 Å². The standard InChI is InChI=1S/C16H17ClF3NO/c17-11-2-3-12-10(5-11)1-4-13(12)21-7-14(9-22)6-15(14,8-21)16(18,19)20/h2-3,5,13,22H,1,4,6-9H2/t13?,14-,15-/m1/s1. The largest absolute Gasteiger partial charge is 0.396 e. The van der Waals surface area contributed by atoms with Crippen LogP contribution in [0.4, 0.5) is 13.2 Å². The lowest BCUT2D eigenvalue weighted by Gasteiger charge is -2.28. The lowest BCUT2D eigenvalue weighted by Crippen LogP contribution is -2.34. The van der Waals surface area contributed by atoms with Gasteiger partial charge in [-0.3, -0.25) is 4.90 Å². The fourth-order valence-corrected chi connectivity index (χ4v) is 4.86. The molecule has 1 heterocycles. The Morgan fingerprint density at radius 3 is 2.73 bits per heavy atom. The number of piperidine rings is 1. The first-order valence-corrected chi connectivity index (χ1v) is 7.90. The zero-order valence-corrected chi connectivity index (χ0v) is 12.7. The maximum atomic E-state index is 13.5. The van der Waals surface area contributed by atoms with Crippen LogP contribution in [0, 0.1) is 10.8 Å². The van der Waals surface area contributed by atoms with Crippen LogP contribution in [-0.2, 0) is 6.42 Å². The third kappa shape index (κ3) is 1.76.